The number of amides is 1. The number of nitrogens with one attached hydrogen (secondary N) is 1. The van der Waals surface area contributed by atoms with Gasteiger partial charge in [-0.15, -0.1) is 0 Å². The zero-order chi connectivity index (χ0) is 16.1. The lowest BCUT2D eigenvalue weighted by atomic mass is 10.0. The van der Waals surface area contributed by atoms with Crippen LogP contribution < -0.4 is 5.32 Å². The second-order valence-electron chi connectivity index (χ2n) is 5.70. The molecule has 1 fully saturated rings. The van der Waals surface area contributed by atoms with Crippen LogP contribution in [-0.4, -0.2) is 41.6 Å². The van der Waals surface area contributed by atoms with E-state index in [0.29, 0.717) is 28.6 Å². The zero-order valence-corrected chi connectivity index (χ0v) is 14.2. The Hall–Kier alpha value is -0.810. The van der Waals surface area contributed by atoms with Gasteiger partial charge in [-0.25, -0.2) is 0 Å². The molecule has 6 heteroatoms. The Bertz CT molecular complexity index is 525. The molecule has 2 N–H and O–H groups in total. The quantitative estimate of drug-likeness (QED) is 0.863. The van der Waals surface area contributed by atoms with Gasteiger partial charge < -0.3 is 10.4 Å². The Labute approximate surface area is 141 Å². The number of benzene rings is 1. The first kappa shape index (κ1) is 17.5. The molecule has 22 heavy (non-hydrogen) atoms. The number of aliphatic hydroxyl groups is 1. The molecule has 1 amide bonds. The molecular formula is C16H22Cl2N2O2. The third-order valence-corrected chi connectivity index (χ3v) is 4.51. The molecule has 1 aromatic carbocycles. The van der Waals surface area contributed by atoms with Gasteiger partial charge in [-0.3, -0.25) is 9.69 Å². The van der Waals surface area contributed by atoms with Crippen molar-refractivity contribution >= 4 is 29.1 Å². The number of rotatable bonds is 5. The number of carbonyl (C=O) groups excluding carboxylic acids is 1. The molecule has 0 aromatic heterocycles. The zero-order valence-electron chi connectivity index (χ0n) is 12.7. The number of piperidine rings is 1. The molecule has 2 rings (SSSR count). The van der Waals surface area contributed by atoms with Crippen molar-refractivity contribution in [2.45, 2.75) is 38.3 Å². The van der Waals surface area contributed by atoms with E-state index in [0.717, 1.165) is 25.9 Å². The van der Waals surface area contributed by atoms with E-state index in [1.807, 2.05) is 6.92 Å². The summed E-state index contributed by atoms with van der Waals surface area (Å²) in [7, 11) is 0. The predicted octanol–water partition coefficient (Wildman–Crippen LogP) is 3.02. The van der Waals surface area contributed by atoms with E-state index in [-0.39, 0.29) is 11.9 Å². The molecule has 0 bridgehead atoms. The van der Waals surface area contributed by atoms with Crippen LogP contribution in [0.3, 0.4) is 0 Å². The van der Waals surface area contributed by atoms with Gasteiger partial charge in [-0.2, -0.15) is 0 Å². The van der Waals surface area contributed by atoms with Gasteiger partial charge in [0.15, 0.2) is 0 Å². The summed E-state index contributed by atoms with van der Waals surface area (Å²) in [6.07, 6.45) is 1.83. The standard InChI is InChI=1S/C16H22Cl2N2O2/c1-2-16(22)19-12-4-3-7-20(9-12)10-15(21)13-6-5-11(17)8-14(13)18/h5-6,8,12,15,21H,2-4,7,9-10H2,1H3,(H,19,22). The predicted molar refractivity (Wildman–Crippen MR) is 89.3 cm³/mol. The van der Waals surface area contributed by atoms with Crippen molar-refractivity contribution in [3.8, 4) is 0 Å². The van der Waals surface area contributed by atoms with E-state index < -0.39 is 6.10 Å². The van der Waals surface area contributed by atoms with Gasteiger partial charge in [0.25, 0.3) is 0 Å². The summed E-state index contributed by atoms with van der Waals surface area (Å²) in [6.45, 7) is 4.02. The number of nitrogens with zero attached hydrogens (tertiary/aromatic N) is 1. The summed E-state index contributed by atoms with van der Waals surface area (Å²) < 4.78 is 0. The SMILES string of the molecule is CCC(=O)NC1CCCN(CC(O)c2ccc(Cl)cc2Cl)C1. The fourth-order valence-electron chi connectivity index (χ4n) is 2.78. The van der Waals surface area contributed by atoms with E-state index in [1.54, 1.807) is 18.2 Å². The number of hydrogen-bond donors (Lipinski definition) is 2. The maximum atomic E-state index is 11.5. The molecule has 122 valence electrons. The number of likely N-dealkylation sites (tertiary alicyclic amines) is 1. The summed E-state index contributed by atoms with van der Waals surface area (Å²) in [5, 5.41) is 14.5. The molecule has 0 saturated carbocycles. The van der Waals surface area contributed by atoms with E-state index in [4.69, 9.17) is 23.2 Å². The van der Waals surface area contributed by atoms with E-state index in [2.05, 4.69) is 10.2 Å². The van der Waals surface area contributed by atoms with Gasteiger partial charge in [0.1, 0.15) is 0 Å². The van der Waals surface area contributed by atoms with Crippen LogP contribution >= 0.6 is 23.2 Å². The smallest absolute Gasteiger partial charge is 0.219 e. The number of hydrogen-bond acceptors (Lipinski definition) is 3. The van der Waals surface area contributed by atoms with Crippen LogP contribution in [0.5, 0.6) is 0 Å². The number of aliphatic hydroxyl groups excluding tert-OH is 1. The van der Waals surface area contributed by atoms with Crippen LogP contribution in [-0.2, 0) is 4.79 Å². The molecule has 1 saturated heterocycles. The van der Waals surface area contributed by atoms with Crippen LogP contribution in [0.2, 0.25) is 10.0 Å². The topological polar surface area (TPSA) is 52.6 Å². The van der Waals surface area contributed by atoms with Crippen molar-refractivity contribution in [3.05, 3.63) is 33.8 Å². The summed E-state index contributed by atoms with van der Waals surface area (Å²) in [4.78, 5) is 13.7. The third-order valence-electron chi connectivity index (χ3n) is 3.94. The molecule has 2 unspecified atom stereocenters. The third kappa shape index (κ3) is 4.85. The van der Waals surface area contributed by atoms with Gasteiger partial charge in [0.2, 0.25) is 5.91 Å². The van der Waals surface area contributed by atoms with Gasteiger partial charge >= 0.3 is 0 Å². The Morgan fingerprint density at radius 3 is 2.95 bits per heavy atom. The average molecular weight is 345 g/mol. The van der Waals surface area contributed by atoms with Crippen molar-refractivity contribution in [1.29, 1.82) is 0 Å². The molecule has 1 aliphatic rings. The highest BCUT2D eigenvalue weighted by atomic mass is 35.5. The second kappa shape index (κ2) is 8.16. The molecule has 1 aromatic rings. The molecule has 1 aliphatic heterocycles. The van der Waals surface area contributed by atoms with E-state index >= 15 is 0 Å². The van der Waals surface area contributed by atoms with Crippen molar-refractivity contribution in [2.24, 2.45) is 0 Å². The van der Waals surface area contributed by atoms with Gasteiger partial charge in [-0.05, 0) is 31.5 Å². The van der Waals surface area contributed by atoms with Crippen molar-refractivity contribution < 1.29 is 9.90 Å². The second-order valence-corrected chi connectivity index (χ2v) is 6.55. The average Bonchev–Trinajstić information content (AvgIpc) is 2.47. The summed E-state index contributed by atoms with van der Waals surface area (Å²) >= 11 is 12.0. The van der Waals surface area contributed by atoms with Crippen LogP contribution in [0.1, 0.15) is 37.9 Å². The van der Waals surface area contributed by atoms with Crippen molar-refractivity contribution in [2.75, 3.05) is 19.6 Å². The lowest BCUT2D eigenvalue weighted by Crippen LogP contribution is -2.48. The van der Waals surface area contributed by atoms with E-state index in [9.17, 15) is 9.90 Å². The maximum Gasteiger partial charge on any atom is 0.219 e. The molecule has 0 radical (unpaired) electrons. The monoisotopic (exact) mass is 344 g/mol. The first-order valence-electron chi connectivity index (χ1n) is 7.64. The fourth-order valence-corrected chi connectivity index (χ4v) is 3.32. The summed E-state index contributed by atoms with van der Waals surface area (Å²) in [5.74, 6) is 0.0770. The van der Waals surface area contributed by atoms with Gasteiger partial charge in [0.05, 0.1) is 6.10 Å². The minimum Gasteiger partial charge on any atom is -0.387 e. The number of halogens is 2. The Morgan fingerprint density at radius 2 is 2.27 bits per heavy atom. The highest BCUT2D eigenvalue weighted by Crippen LogP contribution is 2.27. The minimum absolute atomic E-state index is 0.0770. The largest absolute Gasteiger partial charge is 0.387 e. The fraction of sp³-hybridized carbons (Fsp3) is 0.562. The highest BCUT2D eigenvalue weighted by Gasteiger charge is 2.23. The Balaban J connectivity index is 1.93. The van der Waals surface area contributed by atoms with Crippen LogP contribution in [0.4, 0.5) is 0 Å². The van der Waals surface area contributed by atoms with Crippen molar-refractivity contribution in [1.82, 2.24) is 10.2 Å². The molecule has 0 aliphatic carbocycles. The van der Waals surface area contributed by atoms with E-state index in [1.165, 1.54) is 0 Å². The van der Waals surface area contributed by atoms with Crippen LogP contribution in [0.15, 0.2) is 18.2 Å². The van der Waals surface area contributed by atoms with Crippen molar-refractivity contribution in [3.63, 3.8) is 0 Å². The minimum atomic E-state index is -0.662. The molecule has 1 heterocycles. The first-order valence-corrected chi connectivity index (χ1v) is 8.40. The summed E-state index contributed by atoms with van der Waals surface area (Å²) in [6, 6.07) is 5.29. The lowest BCUT2D eigenvalue weighted by Gasteiger charge is -2.34. The normalized spacial score (nSPS) is 20.6. The molecular weight excluding hydrogens is 323 g/mol. The Morgan fingerprint density at radius 1 is 1.50 bits per heavy atom. The molecule has 4 nitrogen and oxygen atoms in total. The van der Waals surface area contributed by atoms with Crippen LogP contribution in [0.25, 0.3) is 0 Å². The summed E-state index contributed by atoms with van der Waals surface area (Å²) in [5.41, 5.74) is 0.686. The van der Waals surface area contributed by atoms with Gasteiger partial charge in [0, 0.05) is 41.2 Å². The molecule has 0 spiro atoms. The molecule has 2 atom stereocenters. The lowest BCUT2D eigenvalue weighted by molar-refractivity contribution is -0.121. The number of β-amino-alcohol motifs (C(OH)–C–C–N with tert-alkyl or cyclic N) is 1. The first-order chi connectivity index (χ1) is 10.5. The maximum absolute atomic E-state index is 11.5. The van der Waals surface area contributed by atoms with Crippen LogP contribution in [0, 0.1) is 0 Å². The number of carbonyl (C=O) groups is 1. The highest BCUT2D eigenvalue weighted by molar-refractivity contribution is 6.35. The Kier molecular flexibility index (Phi) is 6.50. The van der Waals surface area contributed by atoms with Gasteiger partial charge in [-0.1, -0.05) is 36.2 Å².